The van der Waals surface area contributed by atoms with E-state index in [1.807, 2.05) is 12.1 Å². The zero-order chi connectivity index (χ0) is 8.27. The van der Waals surface area contributed by atoms with Crippen molar-refractivity contribution in [1.29, 1.82) is 0 Å². The maximum Gasteiger partial charge on any atom is 0.166 e. The Morgan fingerprint density at radius 3 is 2.73 bits per heavy atom. The van der Waals surface area contributed by atoms with Crippen LogP contribution in [0, 0.1) is 5.92 Å². The minimum atomic E-state index is 0.633. The second kappa shape index (κ2) is 3.37. The molecule has 0 aliphatic heterocycles. The molecule has 11 heavy (non-hydrogen) atoms. The van der Waals surface area contributed by atoms with Gasteiger partial charge in [-0.25, -0.2) is 0 Å². The smallest absolute Gasteiger partial charge is 0.166 e. The van der Waals surface area contributed by atoms with Crippen molar-refractivity contribution in [2.24, 2.45) is 5.92 Å². The maximum absolute atomic E-state index is 10.3. The number of hydrogen-bond donors (Lipinski definition) is 1. The molecule has 0 saturated carbocycles. The third-order valence-electron chi connectivity index (χ3n) is 1.52. The van der Waals surface area contributed by atoms with E-state index in [4.69, 9.17) is 0 Å². The zero-order valence-electron chi connectivity index (χ0n) is 6.92. The average molecular weight is 151 g/mol. The molecule has 0 unspecified atom stereocenters. The van der Waals surface area contributed by atoms with Crippen LogP contribution in [0.2, 0.25) is 0 Å². The SMILES string of the molecule is CC(C)Cc1ccc(C=O)[nH]1. The van der Waals surface area contributed by atoms with E-state index in [0.717, 1.165) is 18.4 Å². The first kappa shape index (κ1) is 8.05. The highest BCUT2D eigenvalue weighted by molar-refractivity contribution is 5.71. The molecule has 0 atom stereocenters. The van der Waals surface area contributed by atoms with Crippen LogP contribution < -0.4 is 0 Å². The summed E-state index contributed by atoms with van der Waals surface area (Å²) in [6.07, 6.45) is 1.84. The molecule has 0 bridgehead atoms. The molecule has 2 nitrogen and oxygen atoms in total. The summed E-state index contributed by atoms with van der Waals surface area (Å²) in [6, 6.07) is 3.77. The van der Waals surface area contributed by atoms with Crippen LogP contribution in [0.15, 0.2) is 12.1 Å². The molecule has 1 aromatic heterocycles. The Hall–Kier alpha value is -1.05. The van der Waals surface area contributed by atoms with Crippen LogP contribution >= 0.6 is 0 Å². The lowest BCUT2D eigenvalue weighted by atomic mass is 10.1. The monoisotopic (exact) mass is 151 g/mol. The summed E-state index contributed by atoms with van der Waals surface area (Å²) >= 11 is 0. The lowest BCUT2D eigenvalue weighted by Gasteiger charge is -1.99. The number of carbonyl (C=O) groups is 1. The van der Waals surface area contributed by atoms with Crippen molar-refractivity contribution in [3.05, 3.63) is 23.5 Å². The van der Waals surface area contributed by atoms with Gasteiger partial charge in [-0.3, -0.25) is 4.79 Å². The van der Waals surface area contributed by atoms with Gasteiger partial charge in [-0.15, -0.1) is 0 Å². The molecule has 0 fully saturated rings. The fourth-order valence-electron chi connectivity index (χ4n) is 1.09. The van der Waals surface area contributed by atoms with Crippen molar-refractivity contribution >= 4 is 6.29 Å². The number of H-pyrrole nitrogens is 1. The van der Waals surface area contributed by atoms with Gasteiger partial charge in [0.2, 0.25) is 0 Å². The van der Waals surface area contributed by atoms with Crippen molar-refractivity contribution < 1.29 is 4.79 Å². The van der Waals surface area contributed by atoms with Gasteiger partial charge in [0.05, 0.1) is 5.69 Å². The Balaban J connectivity index is 2.65. The fraction of sp³-hybridized carbons (Fsp3) is 0.444. The number of hydrogen-bond acceptors (Lipinski definition) is 1. The summed E-state index contributed by atoms with van der Waals surface area (Å²) in [4.78, 5) is 13.3. The van der Waals surface area contributed by atoms with E-state index in [1.165, 1.54) is 0 Å². The van der Waals surface area contributed by atoms with Crippen LogP contribution in [-0.2, 0) is 6.42 Å². The van der Waals surface area contributed by atoms with Crippen LogP contribution in [0.3, 0.4) is 0 Å². The Morgan fingerprint density at radius 2 is 2.27 bits per heavy atom. The van der Waals surface area contributed by atoms with Gasteiger partial charge in [0, 0.05) is 5.69 Å². The molecule has 1 rings (SSSR count). The third kappa shape index (κ3) is 2.22. The average Bonchev–Trinajstić information content (AvgIpc) is 2.34. The molecule has 1 N–H and O–H groups in total. The Bertz CT molecular complexity index is 237. The molecular formula is C9H13NO. The molecule has 0 amide bonds. The predicted octanol–water partition coefficient (Wildman–Crippen LogP) is 2.03. The van der Waals surface area contributed by atoms with Crippen LogP contribution in [0.25, 0.3) is 0 Å². The van der Waals surface area contributed by atoms with Crippen LogP contribution in [0.1, 0.15) is 30.0 Å². The van der Waals surface area contributed by atoms with Crippen LogP contribution in [-0.4, -0.2) is 11.3 Å². The fourth-order valence-corrected chi connectivity index (χ4v) is 1.09. The van der Waals surface area contributed by atoms with E-state index < -0.39 is 0 Å². The van der Waals surface area contributed by atoms with Gasteiger partial charge in [0.15, 0.2) is 6.29 Å². The molecule has 0 radical (unpaired) electrons. The van der Waals surface area contributed by atoms with E-state index in [2.05, 4.69) is 18.8 Å². The van der Waals surface area contributed by atoms with Gasteiger partial charge in [-0.1, -0.05) is 13.8 Å². The van der Waals surface area contributed by atoms with Gasteiger partial charge in [-0.05, 0) is 24.5 Å². The number of carbonyl (C=O) groups excluding carboxylic acids is 1. The van der Waals surface area contributed by atoms with E-state index in [-0.39, 0.29) is 0 Å². The van der Waals surface area contributed by atoms with E-state index >= 15 is 0 Å². The van der Waals surface area contributed by atoms with Crippen LogP contribution in [0.5, 0.6) is 0 Å². The van der Waals surface area contributed by atoms with E-state index in [9.17, 15) is 4.79 Å². The lowest BCUT2D eigenvalue weighted by molar-refractivity contribution is 0.111. The number of aromatic nitrogens is 1. The molecule has 0 aliphatic rings. The van der Waals surface area contributed by atoms with Gasteiger partial charge in [-0.2, -0.15) is 0 Å². The second-order valence-electron chi connectivity index (χ2n) is 3.15. The van der Waals surface area contributed by atoms with Crippen molar-refractivity contribution in [2.75, 3.05) is 0 Å². The minimum absolute atomic E-state index is 0.633. The Labute approximate surface area is 66.6 Å². The summed E-state index contributed by atoms with van der Waals surface area (Å²) in [7, 11) is 0. The van der Waals surface area contributed by atoms with Crippen LogP contribution in [0.4, 0.5) is 0 Å². The largest absolute Gasteiger partial charge is 0.356 e. The van der Waals surface area contributed by atoms with Gasteiger partial charge < -0.3 is 4.98 Å². The topological polar surface area (TPSA) is 32.9 Å². The second-order valence-corrected chi connectivity index (χ2v) is 3.15. The van der Waals surface area contributed by atoms with E-state index in [0.29, 0.717) is 11.6 Å². The van der Waals surface area contributed by atoms with E-state index in [1.54, 1.807) is 0 Å². The first-order valence-corrected chi connectivity index (χ1v) is 3.85. The van der Waals surface area contributed by atoms with Crippen molar-refractivity contribution in [3.8, 4) is 0 Å². The normalized spacial score (nSPS) is 10.5. The highest BCUT2D eigenvalue weighted by Crippen LogP contribution is 2.06. The van der Waals surface area contributed by atoms with Gasteiger partial charge in [0.1, 0.15) is 0 Å². The summed E-state index contributed by atoms with van der Waals surface area (Å²) in [5.74, 6) is 0.633. The summed E-state index contributed by atoms with van der Waals surface area (Å²) in [5.41, 5.74) is 1.81. The lowest BCUT2D eigenvalue weighted by Crippen LogP contribution is -1.94. The molecule has 1 heterocycles. The summed E-state index contributed by atoms with van der Waals surface area (Å²) in [6.45, 7) is 4.31. The number of rotatable bonds is 3. The van der Waals surface area contributed by atoms with Crippen molar-refractivity contribution in [3.63, 3.8) is 0 Å². The molecule has 0 spiro atoms. The molecule has 0 saturated heterocycles. The maximum atomic E-state index is 10.3. The first-order chi connectivity index (χ1) is 5.22. The molecule has 60 valence electrons. The Kier molecular flexibility index (Phi) is 2.47. The van der Waals surface area contributed by atoms with Gasteiger partial charge >= 0.3 is 0 Å². The summed E-state index contributed by atoms with van der Waals surface area (Å²) < 4.78 is 0. The molecule has 1 aromatic rings. The van der Waals surface area contributed by atoms with Crippen molar-refractivity contribution in [2.45, 2.75) is 20.3 Å². The predicted molar refractivity (Wildman–Crippen MR) is 44.7 cm³/mol. The van der Waals surface area contributed by atoms with Crippen molar-refractivity contribution in [1.82, 2.24) is 4.98 Å². The Morgan fingerprint density at radius 1 is 1.55 bits per heavy atom. The quantitative estimate of drug-likeness (QED) is 0.659. The van der Waals surface area contributed by atoms with Gasteiger partial charge in [0.25, 0.3) is 0 Å². The highest BCUT2D eigenvalue weighted by Gasteiger charge is 1.99. The highest BCUT2D eigenvalue weighted by atomic mass is 16.1. The molecule has 2 heteroatoms. The summed E-state index contributed by atoms with van der Waals surface area (Å²) in [5, 5.41) is 0. The number of aromatic amines is 1. The molecular weight excluding hydrogens is 138 g/mol. The number of nitrogens with one attached hydrogen (secondary N) is 1. The first-order valence-electron chi connectivity index (χ1n) is 3.85. The molecule has 0 aromatic carbocycles. The minimum Gasteiger partial charge on any atom is -0.356 e. The third-order valence-corrected chi connectivity index (χ3v) is 1.52. The molecule has 0 aliphatic carbocycles. The zero-order valence-corrected chi connectivity index (χ0v) is 6.92. The number of aldehydes is 1. The standard InChI is InChI=1S/C9H13NO/c1-7(2)5-8-3-4-9(6-11)10-8/h3-4,6-7,10H,5H2,1-2H3.